The number of H-pyrrole nitrogens is 1. The van der Waals surface area contributed by atoms with E-state index in [4.69, 9.17) is 20.9 Å². The second-order valence-electron chi connectivity index (χ2n) is 9.39. The molecule has 1 amide bonds. The highest BCUT2D eigenvalue weighted by atomic mass is 16.5. The number of nitrogens with two attached hydrogens (primary N) is 2. The number of benzene rings is 2. The number of hydrogen-bond donors (Lipinski definition) is 3. The summed E-state index contributed by atoms with van der Waals surface area (Å²) in [6, 6.07) is 13.7. The first-order chi connectivity index (χ1) is 18.1. The van der Waals surface area contributed by atoms with E-state index in [1.54, 1.807) is 12.3 Å². The Balaban J connectivity index is 1.33. The fourth-order valence-corrected chi connectivity index (χ4v) is 5.12. The van der Waals surface area contributed by atoms with E-state index in [9.17, 15) is 4.79 Å². The quantitative estimate of drug-likeness (QED) is 0.369. The highest BCUT2D eigenvalue weighted by Gasteiger charge is 2.24. The molecule has 2 aromatic carbocycles. The minimum atomic E-state index is -0.446. The van der Waals surface area contributed by atoms with Crippen molar-refractivity contribution >= 4 is 34.0 Å². The van der Waals surface area contributed by atoms with Crippen LogP contribution in [-0.4, -0.2) is 66.6 Å². The van der Waals surface area contributed by atoms with Crippen LogP contribution in [0.4, 0.5) is 17.2 Å². The number of fused-ring (bicyclic) bond motifs is 1. The summed E-state index contributed by atoms with van der Waals surface area (Å²) < 4.78 is 11.8. The van der Waals surface area contributed by atoms with Crippen molar-refractivity contribution in [1.29, 1.82) is 0 Å². The van der Waals surface area contributed by atoms with Crippen molar-refractivity contribution in [2.24, 2.45) is 5.73 Å². The van der Waals surface area contributed by atoms with Crippen LogP contribution in [-0.2, 0) is 4.74 Å². The zero-order valence-corrected chi connectivity index (χ0v) is 20.4. The van der Waals surface area contributed by atoms with E-state index in [2.05, 4.69) is 31.0 Å². The summed E-state index contributed by atoms with van der Waals surface area (Å²) in [6.07, 6.45) is 4.45. The Kier molecular flexibility index (Phi) is 6.01. The third-order valence-corrected chi connectivity index (χ3v) is 7.06. The van der Waals surface area contributed by atoms with Gasteiger partial charge in [0.15, 0.2) is 5.82 Å². The molecule has 2 aromatic heterocycles. The van der Waals surface area contributed by atoms with Crippen LogP contribution in [0.3, 0.4) is 0 Å². The van der Waals surface area contributed by atoms with Gasteiger partial charge in [-0.3, -0.25) is 14.9 Å². The van der Waals surface area contributed by atoms with Crippen LogP contribution >= 0.6 is 0 Å². The van der Waals surface area contributed by atoms with Crippen molar-refractivity contribution in [3.8, 4) is 16.9 Å². The van der Waals surface area contributed by atoms with Crippen LogP contribution in [0.25, 0.3) is 22.0 Å². The van der Waals surface area contributed by atoms with E-state index in [0.29, 0.717) is 30.3 Å². The van der Waals surface area contributed by atoms with Gasteiger partial charge in [-0.25, -0.2) is 0 Å². The van der Waals surface area contributed by atoms with Gasteiger partial charge in [-0.1, -0.05) is 6.07 Å². The van der Waals surface area contributed by atoms with Crippen LogP contribution in [0.15, 0.2) is 54.9 Å². The summed E-state index contributed by atoms with van der Waals surface area (Å²) in [5, 5.41) is 7.96. The predicted octanol–water partition coefficient (Wildman–Crippen LogP) is 2.80. The third kappa shape index (κ3) is 4.51. The molecule has 190 valence electrons. The molecule has 2 aliphatic heterocycles. The molecule has 0 unspecified atom stereocenters. The Bertz CT molecular complexity index is 1420. The molecular weight excluding hydrogens is 470 g/mol. The van der Waals surface area contributed by atoms with Crippen LogP contribution in [0.1, 0.15) is 16.8 Å². The van der Waals surface area contributed by atoms with E-state index < -0.39 is 5.91 Å². The monoisotopic (exact) mass is 499 g/mol. The molecule has 4 heterocycles. The summed E-state index contributed by atoms with van der Waals surface area (Å²) >= 11 is 0. The van der Waals surface area contributed by atoms with Crippen molar-refractivity contribution in [3.63, 3.8) is 0 Å². The lowest BCUT2D eigenvalue weighted by Gasteiger charge is -2.38. The molecule has 0 aliphatic carbocycles. The number of primary amides is 1. The number of nitrogen functional groups attached to an aromatic ring is 1. The minimum absolute atomic E-state index is 0.0309. The summed E-state index contributed by atoms with van der Waals surface area (Å²) in [7, 11) is 0. The Morgan fingerprint density at radius 1 is 1.08 bits per heavy atom. The average molecular weight is 500 g/mol. The third-order valence-electron chi connectivity index (χ3n) is 7.06. The molecule has 37 heavy (non-hydrogen) atoms. The Morgan fingerprint density at radius 2 is 1.92 bits per heavy atom. The zero-order valence-electron chi connectivity index (χ0n) is 20.4. The molecule has 10 nitrogen and oxygen atoms in total. The van der Waals surface area contributed by atoms with Gasteiger partial charge in [0.25, 0.3) is 5.91 Å². The Hall–Kier alpha value is -4.31. The predicted molar refractivity (Wildman–Crippen MR) is 143 cm³/mol. The van der Waals surface area contributed by atoms with Gasteiger partial charge < -0.3 is 30.7 Å². The van der Waals surface area contributed by atoms with Crippen LogP contribution in [0, 0.1) is 0 Å². The second-order valence-corrected chi connectivity index (χ2v) is 9.39. The number of anilines is 3. The molecule has 6 rings (SSSR count). The number of piperazine rings is 1. The molecule has 2 fully saturated rings. The lowest BCUT2D eigenvalue weighted by molar-refractivity contribution is 0.100. The highest BCUT2D eigenvalue weighted by molar-refractivity contribution is 6.01. The van der Waals surface area contributed by atoms with E-state index in [-0.39, 0.29) is 6.10 Å². The molecule has 5 N–H and O–H groups in total. The fourth-order valence-electron chi connectivity index (χ4n) is 5.12. The number of ether oxygens (including phenoxy) is 2. The molecule has 10 heteroatoms. The fraction of sp³-hybridized carbons (Fsp3) is 0.296. The maximum Gasteiger partial charge on any atom is 0.250 e. The molecule has 0 radical (unpaired) electrons. The molecule has 0 spiro atoms. The smallest absolute Gasteiger partial charge is 0.250 e. The van der Waals surface area contributed by atoms with Gasteiger partial charge in [0.2, 0.25) is 0 Å². The first-order valence-electron chi connectivity index (χ1n) is 12.4. The topological polar surface area (TPSA) is 136 Å². The maximum atomic E-state index is 12.3. The highest BCUT2D eigenvalue weighted by Crippen LogP contribution is 2.37. The lowest BCUT2D eigenvalue weighted by atomic mass is 9.99. The van der Waals surface area contributed by atoms with Crippen LogP contribution in [0.2, 0.25) is 0 Å². The van der Waals surface area contributed by atoms with Gasteiger partial charge >= 0.3 is 0 Å². The number of carbonyl (C=O) groups excluding carboxylic acids is 1. The van der Waals surface area contributed by atoms with Crippen molar-refractivity contribution < 1.29 is 14.3 Å². The zero-order chi connectivity index (χ0) is 25.4. The summed E-state index contributed by atoms with van der Waals surface area (Å²) in [4.78, 5) is 21.1. The maximum absolute atomic E-state index is 12.3. The van der Waals surface area contributed by atoms with E-state index >= 15 is 0 Å². The lowest BCUT2D eigenvalue weighted by Crippen LogP contribution is -2.47. The van der Waals surface area contributed by atoms with E-state index in [1.807, 2.05) is 36.5 Å². The van der Waals surface area contributed by atoms with Crippen molar-refractivity contribution in [3.05, 3.63) is 60.4 Å². The molecule has 2 aliphatic rings. The standard InChI is InChI=1S/C27H29N7O3/c28-26-25-22(31-32-26)12-18(14-24(25)37-20-5-11-36-16-20)17-3-4-21(27(29)35)23(13-17)34-9-7-33(8-10-34)19-2-1-6-30-15-19/h1-4,6,12-15,20H,5,7-11,16H2,(H2,29,35)(H3,28,31,32)/t20-/m0/s1. The first-order valence-corrected chi connectivity index (χ1v) is 12.4. The normalized spacial score (nSPS) is 17.9. The number of pyridine rings is 1. The molecule has 0 bridgehead atoms. The number of carbonyl (C=O) groups is 1. The molecular formula is C27H29N7O3. The van der Waals surface area contributed by atoms with Crippen molar-refractivity contribution in [2.45, 2.75) is 12.5 Å². The average Bonchev–Trinajstić information content (AvgIpc) is 3.58. The number of nitrogens with one attached hydrogen (secondary N) is 1. The SMILES string of the molecule is NC(=O)c1ccc(-c2cc(O[C@H]3CCOC3)c3c(N)n[nH]c3c2)cc1N1CCN(c2cccnc2)CC1. The molecule has 0 saturated carbocycles. The molecule has 4 aromatic rings. The van der Waals surface area contributed by atoms with E-state index in [0.717, 1.165) is 66.0 Å². The summed E-state index contributed by atoms with van der Waals surface area (Å²) in [5.41, 5.74) is 17.0. The molecule has 1 atom stereocenters. The molecule has 2 saturated heterocycles. The Morgan fingerprint density at radius 3 is 2.65 bits per heavy atom. The van der Waals surface area contributed by atoms with Gasteiger partial charge in [-0.2, -0.15) is 5.10 Å². The number of hydrogen-bond acceptors (Lipinski definition) is 8. The van der Waals surface area contributed by atoms with Crippen LogP contribution in [0.5, 0.6) is 5.75 Å². The van der Waals surface area contributed by atoms with Crippen LogP contribution < -0.4 is 26.0 Å². The van der Waals surface area contributed by atoms with E-state index in [1.165, 1.54) is 0 Å². The van der Waals surface area contributed by atoms with Gasteiger partial charge in [0, 0.05) is 38.8 Å². The first kappa shape index (κ1) is 23.1. The number of rotatable bonds is 6. The number of aromatic nitrogens is 3. The Labute approximate surface area is 214 Å². The van der Waals surface area contributed by atoms with Gasteiger partial charge in [0.05, 0.1) is 47.3 Å². The summed E-state index contributed by atoms with van der Waals surface area (Å²) in [6.45, 7) is 4.37. The van der Waals surface area contributed by atoms with Crippen molar-refractivity contribution in [1.82, 2.24) is 15.2 Å². The number of nitrogens with zero attached hydrogens (tertiary/aromatic N) is 4. The largest absolute Gasteiger partial charge is 0.487 e. The second kappa shape index (κ2) is 9.62. The van der Waals surface area contributed by atoms with Gasteiger partial charge in [-0.05, 0) is 47.5 Å². The summed E-state index contributed by atoms with van der Waals surface area (Å²) in [5.74, 6) is 0.616. The number of amides is 1. The van der Waals surface area contributed by atoms with Crippen molar-refractivity contribution in [2.75, 3.05) is 54.9 Å². The number of aromatic amines is 1. The van der Waals surface area contributed by atoms with Gasteiger partial charge in [0.1, 0.15) is 11.9 Å². The minimum Gasteiger partial charge on any atom is -0.487 e. The van der Waals surface area contributed by atoms with Gasteiger partial charge in [-0.15, -0.1) is 0 Å².